The van der Waals surface area contributed by atoms with Gasteiger partial charge in [-0.1, -0.05) is 13.8 Å². The van der Waals surface area contributed by atoms with Crippen molar-refractivity contribution in [2.75, 3.05) is 0 Å². The average Bonchev–Trinajstić information content (AvgIpc) is 2.75. The van der Waals surface area contributed by atoms with Crippen LogP contribution in [0.4, 0.5) is 0 Å². The Morgan fingerprint density at radius 1 is 1.04 bits per heavy atom. The summed E-state index contributed by atoms with van der Waals surface area (Å²) in [7, 11) is 0. The van der Waals surface area contributed by atoms with E-state index in [1.165, 1.54) is 6.92 Å². The predicted octanol–water partition coefficient (Wildman–Crippen LogP) is 2.68. The van der Waals surface area contributed by atoms with Crippen molar-refractivity contribution in [1.29, 1.82) is 0 Å². The third-order valence-corrected chi connectivity index (χ3v) is 9.34. The molecule has 0 bridgehead atoms. The SMILES string of the molecule is CC(=O)[C@@]1(O)C[C@@H](O)[C@H]2[C@@H]3CCC4C[C@H](O)CC[C@]4(C)[C@H]3CC[C@@]21C. The van der Waals surface area contributed by atoms with Gasteiger partial charge in [0.15, 0.2) is 5.78 Å². The zero-order valence-corrected chi connectivity index (χ0v) is 15.9. The molecule has 0 aromatic heterocycles. The van der Waals surface area contributed by atoms with Gasteiger partial charge in [0.25, 0.3) is 0 Å². The second kappa shape index (κ2) is 5.53. The Labute approximate surface area is 151 Å². The van der Waals surface area contributed by atoms with Gasteiger partial charge in [0.2, 0.25) is 0 Å². The van der Waals surface area contributed by atoms with Gasteiger partial charge in [-0.25, -0.2) is 0 Å². The maximum Gasteiger partial charge on any atom is 0.161 e. The molecule has 0 amide bonds. The van der Waals surface area contributed by atoms with Crippen molar-refractivity contribution in [3.63, 3.8) is 0 Å². The summed E-state index contributed by atoms with van der Waals surface area (Å²) in [6.45, 7) is 5.93. The van der Waals surface area contributed by atoms with Gasteiger partial charge in [-0.15, -0.1) is 0 Å². The molecule has 142 valence electrons. The Morgan fingerprint density at radius 2 is 1.76 bits per heavy atom. The number of fused-ring (bicyclic) bond motifs is 5. The second-order valence-corrected chi connectivity index (χ2v) is 10.1. The van der Waals surface area contributed by atoms with Crippen LogP contribution in [0, 0.1) is 34.5 Å². The molecule has 0 spiro atoms. The van der Waals surface area contributed by atoms with Crippen LogP contribution in [0.15, 0.2) is 0 Å². The van der Waals surface area contributed by atoms with Crippen molar-refractivity contribution in [3.8, 4) is 0 Å². The molecule has 0 aromatic rings. The first-order valence-electron chi connectivity index (χ1n) is 10.2. The van der Waals surface area contributed by atoms with E-state index < -0.39 is 17.1 Å². The molecule has 4 rings (SSSR count). The maximum absolute atomic E-state index is 12.3. The fourth-order valence-electron chi connectivity index (χ4n) is 7.89. The number of ketones is 1. The third-order valence-electron chi connectivity index (χ3n) is 9.34. The smallest absolute Gasteiger partial charge is 0.161 e. The molecule has 25 heavy (non-hydrogen) atoms. The summed E-state index contributed by atoms with van der Waals surface area (Å²) in [6, 6.07) is 0. The Balaban J connectivity index is 1.69. The molecule has 0 saturated heterocycles. The van der Waals surface area contributed by atoms with Crippen LogP contribution >= 0.6 is 0 Å². The van der Waals surface area contributed by atoms with Crippen molar-refractivity contribution >= 4 is 5.78 Å². The lowest BCUT2D eigenvalue weighted by Crippen LogP contribution is -2.59. The number of carbonyl (C=O) groups is 1. The summed E-state index contributed by atoms with van der Waals surface area (Å²) in [6.07, 6.45) is 6.35. The third kappa shape index (κ3) is 2.20. The van der Waals surface area contributed by atoms with E-state index in [-0.39, 0.29) is 29.6 Å². The zero-order valence-electron chi connectivity index (χ0n) is 15.9. The first kappa shape index (κ1) is 17.9. The molecular formula is C21H34O4. The molecule has 4 fully saturated rings. The lowest BCUT2D eigenvalue weighted by atomic mass is 9.44. The molecule has 0 heterocycles. The number of hydrogen-bond donors (Lipinski definition) is 3. The minimum atomic E-state index is -1.37. The normalized spacial score (nSPS) is 58.2. The fraction of sp³-hybridized carbons (Fsp3) is 0.952. The zero-order chi connectivity index (χ0) is 18.2. The lowest BCUT2D eigenvalue weighted by molar-refractivity contribution is -0.173. The van der Waals surface area contributed by atoms with Crippen molar-refractivity contribution in [3.05, 3.63) is 0 Å². The number of rotatable bonds is 1. The van der Waals surface area contributed by atoms with Crippen LogP contribution in [-0.4, -0.2) is 38.9 Å². The molecule has 0 radical (unpaired) electrons. The van der Waals surface area contributed by atoms with E-state index in [4.69, 9.17) is 0 Å². The highest BCUT2D eigenvalue weighted by molar-refractivity contribution is 5.86. The summed E-state index contributed by atoms with van der Waals surface area (Å²) >= 11 is 0. The average molecular weight is 350 g/mol. The minimum absolute atomic E-state index is 0.0183. The first-order chi connectivity index (χ1) is 11.6. The molecule has 0 aromatic carbocycles. The van der Waals surface area contributed by atoms with Crippen molar-refractivity contribution < 1.29 is 20.1 Å². The first-order valence-corrected chi connectivity index (χ1v) is 10.2. The topological polar surface area (TPSA) is 77.8 Å². The molecule has 4 aliphatic carbocycles. The number of aliphatic hydroxyl groups excluding tert-OH is 2. The highest BCUT2D eigenvalue weighted by Crippen LogP contribution is 2.68. The van der Waals surface area contributed by atoms with Crippen LogP contribution in [0.1, 0.15) is 72.1 Å². The van der Waals surface area contributed by atoms with Gasteiger partial charge in [0.05, 0.1) is 12.2 Å². The maximum atomic E-state index is 12.3. The highest BCUT2D eigenvalue weighted by atomic mass is 16.3. The van der Waals surface area contributed by atoms with Gasteiger partial charge in [0.1, 0.15) is 5.60 Å². The quantitative estimate of drug-likeness (QED) is 0.679. The van der Waals surface area contributed by atoms with Crippen LogP contribution in [-0.2, 0) is 4.79 Å². The van der Waals surface area contributed by atoms with E-state index in [0.29, 0.717) is 17.8 Å². The second-order valence-electron chi connectivity index (χ2n) is 10.1. The Kier molecular flexibility index (Phi) is 3.97. The number of aliphatic hydroxyl groups is 3. The van der Waals surface area contributed by atoms with Crippen LogP contribution in [0.3, 0.4) is 0 Å². The molecule has 4 heteroatoms. The largest absolute Gasteiger partial charge is 0.393 e. The minimum Gasteiger partial charge on any atom is -0.393 e. The standard InChI is InChI=1S/C21H34O4/c1-12(22)21(25)11-17(24)18-15-5-4-13-10-14(23)6-8-19(13,2)16(15)7-9-20(18,21)3/h13-18,23-25H,4-11H2,1-3H3/t13?,14-,15-,16+,17-,18-,19+,20+,21+/m1/s1. The summed E-state index contributed by atoms with van der Waals surface area (Å²) in [5, 5.41) is 32.2. The van der Waals surface area contributed by atoms with Gasteiger partial charge in [-0.2, -0.15) is 0 Å². The van der Waals surface area contributed by atoms with Crippen LogP contribution in [0.5, 0.6) is 0 Å². The number of carbonyl (C=O) groups excluding carboxylic acids is 1. The predicted molar refractivity (Wildman–Crippen MR) is 94.8 cm³/mol. The van der Waals surface area contributed by atoms with Crippen molar-refractivity contribution in [1.82, 2.24) is 0 Å². The van der Waals surface area contributed by atoms with E-state index in [2.05, 4.69) is 6.92 Å². The summed E-state index contributed by atoms with van der Waals surface area (Å²) in [5.74, 6) is 1.34. The molecule has 1 unspecified atom stereocenters. The summed E-state index contributed by atoms with van der Waals surface area (Å²) in [4.78, 5) is 12.3. The van der Waals surface area contributed by atoms with Crippen molar-refractivity contribution in [2.45, 2.75) is 89.9 Å². The molecule has 4 nitrogen and oxygen atoms in total. The Hall–Kier alpha value is -0.450. The molecule has 3 N–H and O–H groups in total. The van der Waals surface area contributed by atoms with E-state index >= 15 is 0 Å². The van der Waals surface area contributed by atoms with Gasteiger partial charge >= 0.3 is 0 Å². The van der Waals surface area contributed by atoms with E-state index in [9.17, 15) is 20.1 Å². The van der Waals surface area contributed by atoms with Gasteiger partial charge in [0, 0.05) is 11.8 Å². The molecule has 4 saturated carbocycles. The van der Waals surface area contributed by atoms with E-state index in [1.807, 2.05) is 6.92 Å². The molecule has 4 aliphatic rings. The van der Waals surface area contributed by atoms with Gasteiger partial charge < -0.3 is 15.3 Å². The summed E-state index contributed by atoms with van der Waals surface area (Å²) < 4.78 is 0. The Morgan fingerprint density at radius 3 is 2.44 bits per heavy atom. The lowest BCUT2D eigenvalue weighted by Gasteiger charge is -2.61. The van der Waals surface area contributed by atoms with Crippen LogP contribution in [0.2, 0.25) is 0 Å². The van der Waals surface area contributed by atoms with E-state index in [0.717, 1.165) is 44.9 Å². The summed E-state index contributed by atoms with van der Waals surface area (Å²) in [5.41, 5.74) is -1.64. The van der Waals surface area contributed by atoms with Gasteiger partial charge in [-0.3, -0.25) is 4.79 Å². The molecular weight excluding hydrogens is 316 g/mol. The molecule has 0 aliphatic heterocycles. The van der Waals surface area contributed by atoms with Crippen LogP contribution in [0.25, 0.3) is 0 Å². The number of Topliss-reactive ketones (excluding diaryl/α,β-unsaturated/α-hetero) is 1. The van der Waals surface area contributed by atoms with E-state index in [1.54, 1.807) is 0 Å². The van der Waals surface area contributed by atoms with Crippen molar-refractivity contribution in [2.24, 2.45) is 34.5 Å². The fourth-order valence-corrected chi connectivity index (χ4v) is 7.89. The highest BCUT2D eigenvalue weighted by Gasteiger charge is 2.68. The van der Waals surface area contributed by atoms with Crippen LogP contribution < -0.4 is 0 Å². The monoisotopic (exact) mass is 350 g/mol. The van der Waals surface area contributed by atoms with Gasteiger partial charge in [-0.05, 0) is 81.0 Å². The number of hydrogen-bond acceptors (Lipinski definition) is 4. The Bertz CT molecular complexity index is 576. The molecule has 9 atom stereocenters.